The summed E-state index contributed by atoms with van der Waals surface area (Å²) in [6.45, 7) is 3.73. The van der Waals surface area contributed by atoms with Crippen molar-refractivity contribution in [1.29, 1.82) is 0 Å². The molecule has 1 aliphatic heterocycles. The van der Waals surface area contributed by atoms with E-state index in [1.807, 2.05) is 30.3 Å². The van der Waals surface area contributed by atoms with Gasteiger partial charge in [0.05, 0.1) is 0 Å². The fourth-order valence-electron chi connectivity index (χ4n) is 1.74. The monoisotopic (exact) mass is 261 g/mol. The normalized spacial score (nSPS) is 17.8. The van der Waals surface area contributed by atoms with Gasteiger partial charge < -0.3 is 14.8 Å². The zero-order valence-electron chi connectivity index (χ0n) is 10.4. The van der Waals surface area contributed by atoms with Crippen molar-refractivity contribution in [2.24, 2.45) is 0 Å². The second-order valence-corrected chi connectivity index (χ2v) is 4.23. The third kappa shape index (κ3) is 3.84. The van der Waals surface area contributed by atoms with E-state index in [1.165, 1.54) is 0 Å². The number of carbonyl (C=O) groups excluding carboxylic acids is 2. The summed E-state index contributed by atoms with van der Waals surface area (Å²) in [6, 6.07) is 8.92. The molecule has 5 heteroatoms. The lowest BCUT2D eigenvalue weighted by atomic mass is 10.1. The summed E-state index contributed by atoms with van der Waals surface area (Å²) in [5.41, 5.74) is 0.933. The van der Waals surface area contributed by atoms with E-state index >= 15 is 0 Å². The van der Waals surface area contributed by atoms with Crippen molar-refractivity contribution in [3.8, 4) is 0 Å². The van der Waals surface area contributed by atoms with Gasteiger partial charge in [0.15, 0.2) is 5.88 Å². The Kier molecular flexibility index (Phi) is 4.18. The first-order chi connectivity index (χ1) is 9.15. The molecule has 1 heterocycles. The van der Waals surface area contributed by atoms with Gasteiger partial charge in [-0.3, -0.25) is 4.79 Å². The molecule has 0 aliphatic carbocycles. The minimum Gasteiger partial charge on any atom is -0.461 e. The van der Waals surface area contributed by atoms with E-state index in [1.54, 1.807) is 0 Å². The van der Waals surface area contributed by atoms with E-state index < -0.39 is 12.0 Å². The average molecular weight is 261 g/mol. The number of benzene rings is 1. The highest BCUT2D eigenvalue weighted by Crippen LogP contribution is 2.12. The molecule has 0 unspecified atom stereocenters. The summed E-state index contributed by atoms with van der Waals surface area (Å²) >= 11 is 0. The summed E-state index contributed by atoms with van der Waals surface area (Å²) in [7, 11) is 0. The molecule has 100 valence electrons. The number of esters is 2. The largest absolute Gasteiger partial charge is 0.461 e. The number of cyclic esters (lactones) is 1. The Morgan fingerprint density at radius 3 is 2.74 bits per heavy atom. The first-order valence-corrected chi connectivity index (χ1v) is 6.02. The Balaban J connectivity index is 1.70. The summed E-state index contributed by atoms with van der Waals surface area (Å²) < 4.78 is 9.85. The summed E-state index contributed by atoms with van der Waals surface area (Å²) in [5, 5.41) is 2.76. The maximum absolute atomic E-state index is 11.5. The third-order valence-electron chi connectivity index (χ3n) is 2.72. The van der Waals surface area contributed by atoms with Crippen molar-refractivity contribution in [3.63, 3.8) is 0 Å². The van der Waals surface area contributed by atoms with Crippen molar-refractivity contribution >= 4 is 11.9 Å². The van der Waals surface area contributed by atoms with E-state index in [0.29, 0.717) is 6.42 Å². The van der Waals surface area contributed by atoms with E-state index in [-0.39, 0.29) is 24.9 Å². The molecule has 19 heavy (non-hydrogen) atoms. The van der Waals surface area contributed by atoms with Crippen LogP contribution in [0, 0.1) is 0 Å². The number of nitrogens with one attached hydrogen (secondary N) is 1. The van der Waals surface area contributed by atoms with Crippen LogP contribution in [0.25, 0.3) is 0 Å². The minimum atomic E-state index is -0.503. The molecule has 0 spiro atoms. The second-order valence-electron chi connectivity index (χ2n) is 4.23. The van der Waals surface area contributed by atoms with Crippen LogP contribution in [0.1, 0.15) is 18.4 Å². The van der Waals surface area contributed by atoms with Crippen LogP contribution in [0.3, 0.4) is 0 Å². The minimum absolute atomic E-state index is 0.160. The van der Waals surface area contributed by atoms with Gasteiger partial charge in [0.25, 0.3) is 0 Å². The molecule has 1 aromatic rings. The Labute approximate surface area is 111 Å². The number of hydrogen-bond donors (Lipinski definition) is 1. The molecule has 0 aromatic heterocycles. The molecule has 1 fully saturated rings. The predicted octanol–water partition coefficient (Wildman–Crippen LogP) is 1.50. The van der Waals surface area contributed by atoms with Crippen LogP contribution in [0.2, 0.25) is 0 Å². The van der Waals surface area contributed by atoms with Crippen molar-refractivity contribution < 1.29 is 19.1 Å². The average Bonchev–Trinajstić information content (AvgIpc) is 2.73. The first-order valence-electron chi connectivity index (χ1n) is 6.02. The van der Waals surface area contributed by atoms with E-state index in [4.69, 9.17) is 9.47 Å². The van der Waals surface area contributed by atoms with Gasteiger partial charge >= 0.3 is 11.9 Å². The fraction of sp³-hybridized carbons (Fsp3) is 0.286. The molecule has 1 aliphatic rings. The highest BCUT2D eigenvalue weighted by molar-refractivity contribution is 5.80. The molecule has 0 bridgehead atoms. The van der Waals surface area contributed by atoms with Crippen LogP contribution in [-0.2, 0) is 25.7 Å². The quantitative estimate of drug-likeness (QED) is 0.814. The van der Waals surface area contributed by atoms with Gasteiger partial charge in [0.2, 0.25) is 0 Å². The fourth-order valence-corrected chi connectivity index (χ4v) is 1.74. The van der Waals surface area contributed by atoms with E-state index in [2.05, 4.69) is 11.9 Å². The molecular formula is C14H15NO4. The van der Waals surface area contributed by atoms with Crippen LogP contribution in [0.4, 0.5) is 0 Å². The molecule has 5 nitrogen and oxygen atoms in total. The van der Waals surface area contributed by atoms with Gasteiger partial charge in [0.1, 0.15) is 12.6 Å². The van der Waals surface area contributed by atoms with E-state index in [0.717, 1.165) is 5.56 Å². The predicted molar refractivity (Wildman–Crippen MR) is 67.6 cm³/mol. The van der Waals surface area contributed by atoms with Crippen molar-refractivity contribution in [3.05, 3.63) is 48.4 Å². The Morgan fingerprint density at radius 1 is 1.37 bits per heavy atom. The van der Waals surface area contributed by atoms with Gasteiger partial charge in [-0.15, -0.1) is 0 Å². The van der Waals surface area contributed by atoms with Gasteiger partial charge in [-0.25, -0.2) is 4.79 Å². The summed E-state index contributed by atoms with van der Waals surface area (Å²) in [4.78, 5) is 22.8. The highest BCUT2D eigenvalue weighted by atomic mass is 16.6. The molecular weight excluding hydrogens is 246 g/mol. The molecule has 1 atom stereocenters. The van der Waals surface area contributed by atoms with Crippen LogP contribution in [-0.4, -0.2) is 18.0 Å². The summed E-state index contributed by atoms with van der Waals surface area (Å²) in [5.74, 6) is -0.510. The van der Waals surface area contributed by atoms with Gasteiger partial charge in [-0.2, -0.15) is 0 Å². The number of carbonyl (C=O) groups is 2. The van der Waals surface area contributed by atoms with Gasteiger partial charge in [-0.1, -0.05) is 30.3 Å². The molecule has 1 saturated heterocycles. The number of ether oxygens (including phenoxy) is 2. The molecule has 2 rings (SSSR count). The second kappa shape index (κ2) is 6.04. The molecule has 0 radical (unpaired) electrons. The smallest absolute Gasteiger partial charge is 0.335 e. The lowest BCUT2D eigenvalue weighted by molar-refractivity contribution is -0.145. The Bertz CT molecular complexity index is 483. The summed E-state index contributed by atoms with van der Waals surface area (Å²) in [6.07, 6.45) is 0.498. The van der Waals surface area contributed by atoms with Crippen LogP contribution < -0.4 is 5.32 Å². The van der Waals surface area contributed by atoms with E-state index in [9.17, 15) is 9.59 Å². The van der Waals surface area contributed by atoms with Crippen molar-refractivity contribution in [2.75, 3.05) is 0 Å². The van der Waals surface area contributed by atoms with Crippen molar-refractivity contribution in [1.82, 2.24) is 5.32 Å². The van der Waals surface area contributed by atoms with Crippen molar-refractivity contribution in [2.45, 2.75) is 25.5 Å². The first kappa shape index (κ1) is 13.1. The Morgan fingerprint density at radius 2 is 2.11 bits per heavy atom. The molecule has 1 N–H and O–H groups in total. The number of rotatable bonds is 5. The maximum atomic E-state index is 11.5. The molecule has 0 amide bonds. The van der Waals surface area contributed by atoms with Gasteiger partial charge in [-0.05, 0) is 18.6 Å². The van der Waals surface area contributed by atoms with Crippen LogP contribution in [0.5, 0.6) is 0 Å². The Hall–Kier alpha value is -2.30. The molecule has 0 saturated carbocycles. The lowest BCUT2D eigenvalue weighted by Gasteiger charge is -2.07. The topological polar surface area (TPSA) is 64.6 Å². The van der Waals surface area contributed by atoms with Gasteiger partial charge in [0, 0.05) is 6.42 Å². The van der Waals surface area contributed by atoms with Crippen LogP contribution >= 0.6 is 0 Å². The lowest BCUT2D eigenvalue weighted by Crippen LogP contribution is -2.27. The highest BCUT2D eigenvalue weighted by Gasteiger charge is 2.29. The zero-order chi connectivity index (χ0) is 13.7. The SMILES string of the molecule is C=C1N[C@@H](CCC(=O)OCc2ccccc2)C(=O)O1. The standard InChI is InChI=1S/C14H15NO4/c1-10-15-12(14(17)19-10)7-8-13(16)18-9-11-5-3-2-4-6-11/h2-6,12,15H,1,7-9H2/t12-/m0/s1. The maximum Gasteiger partial charge on any atom is 0.335 e. The van der Waals surface area contributed by atoms with Crippen LogP contribution in [0.15, 0.2) is 42.8 Å². The molecule has 1 aromatic carbocycles. The number of hydrogen-bond acceptors (Lipinski definition) is 5. The zero-order valence-corrected chi connectivity index (χ0v) is 10.4. The third-order valence-corrected chi connectivity index (χ3v) is 2.72.